The van der Waals surface area contributed by atoms with Crippen LogP contribution in [0.3, 0.4) is 0 Å². The van der Waals surface area contributed by atoms with Crippen molar-refractivity contribution in [3.05, 3.63) is 35.4 Å². The van der Waals surface area contributed by atoms with Gasteiger partial charge in [-0.1, -0.05) is 24.3 Å². The van der Waals surface area contributed by atoms with E-state index in [1.165, 1.54) is 5.56 Å². The highest BCUT2D eigenvalue weighted by atomic mass is 35.5. The number of halogens is 1. The van der Waals surface area contributed by atoms with Crippen LogP contribution >= 0.6 is 11.6 Å². The molecule has 0 aromatic heterocycles. The minimum Gasteiger partial charge on any atom is -0.336 e. The summed E-state index contributed by atoms with van der Waals surface area (Å²) in [6.45, 7) is 4.64. The fourth-order valence-electron chi connectivity index (χ4n) is 3.10. The van der Waals surface area contributed by atoms with Crippen LogP contribution in [0.25, 0.3) is 0 Å². The van der Waals surface area contributed by atoms with E-state index >= 15 is 0 Å². The minimum absolute atomic E-state index is 0.0368. The number of nitrogens with one attached hydrogen (secondary N) is 2. The number of rotatable bonds is 3. The van der Waals surface area contributed by atoms with Crippen LogP contribution in [0.5, 0.6) is 0 Å². The van der Waals surface area contributed by atoms with Gasteiger partial charge in [0.25, 0.3) is 5.91 Å². The van der Waals surface area contributed by atoms with Crippen molar-refractivity contribution in [2.45, 2.75) is 24.9 Å². The molecule has 124 valence electrons. The predicted molar refractivity (Wildman–Crippen MR) is 87.7 cm³/mol. The fourth-order valence-corrected chi connectivity index (χ4v) is 3.46. The maximum absolute atomic E-state index is 12.5. The standard InChI is InChI=1S/C16H21ClN4O2/c1-11-4-2-3-5-12(11)9-20-6-7-21(10-14(20)22)15-13(17)8-18-19-16(15)23/h2-5,13,15,18H,6-10H2,1H3,(H,19,23). The lowest BCUT2D eigenvalue weighted by Gasteiger charge is -2.41. The molecule has 3 rings (SSSR count). The quantitative estimate of drug-likeness (QED) is 0.777. The van der Waals surface area contributed by atoms with Crippen molar-refractivity contribution in [3.8, 4) is 0 Å². The summed E-state index contributed by atoms with van der Waals surface area (Å²) in [6.07, 6.45) is 0. The zero-order valence-electron chi connectivity index (χ0n) is 13.1. The second kappa shape index (κ2) is 6.86. The zero-order chi connectivity index (χ0) is 16.4. The van der Waals surface area contributed by atoms with Gasteiger partial charge in [0.15, 0.2) is 0 Å². The average molecular weight is 337 g/mol. The second-order valence-electron chi connectivity index (χ2n) is 6.04. The molecule has 2 atom stereocenters. The minimum atomic E-state index is -0.456. The Morgan fingerprint density at radius 2 is 2.04 bits per heavy atom. The Morgan fingerprint density at radius 3 is 2.74 bits per heavy atom. The van der Waals surface area contributed by atoms with Crippen molar-refractivity contribution < 1.29 is 9.59 Å². The summed E-state index contributed by atoms with van der Waals surface area (Å²) in [5.74, 6) is -0.133. The lowest BCUT2D eigenvalue weighted by molar-refractivity contribution is -0.141. The molecule has 23 heavy (non-hydrogen) atoms. The van der Waals surface area contributed by atoms with Crippen LogP contribution in [0.15, 0.2) is 24.3 Å². The summed E-state index contributed by atoms with van der Waals surface area (Å²) in [6, 6.07) is 7.62. The van der Waals surface area contributed by atoms with E-state index in [4.69, 9.17) is 11.6 Å². The van der Waals surface area contributed by atoms with Crippen LogP contribution in [0.1, 0.15) is 11.1 Å². The molecule has 0 radical (unpaired) electrons. The molecule has 2 aliphatic rings. The molecule has 0 saturated carbocycles. The molecular weight excluding hydrogens is 316 g/mol. The first kappa shape index (κ1) is 16.2. The Kier molecular flexibility index (Phi) is 4.84. The predicted octanol–water partition coefficient (Wildman–Crippen LogP) is 0.250. The van der Waals surface area contributed by atoms with E-state index in [-0.39, 0.29) is 23.7 Å². The van der Waals surface area contributed by atoms with Gasteiger partial charge >= 0.3 is 0 Å². The highest BCUT2D eigenvalue weighted by Gasteiger charge is 2.39. The van der Waals surface area contributed by atoms with E-state index in [1.54, 1.807) is 0 Å². The van der Waals surface area contributed by atoms with Crippen LogP contribution in [0.2, 0.25) is 0 Å². The Morgan fingerprint density at radius 1 is 1.26 bits per heavy atom. The molecule has 2 saturated heterocycles. The fraction of sp³-hybridized carbons (Fsp3) is 0.500. The third kappa shape index (κ3) is 3.49. The van der Waals surface area contributed by atoms with Gasteiger partial charge < -0.3 is 4.90 Å². The van der Waals surface area contributed by atoms with Crippen LogP contribution in [0, 0.1) is 6.92 Å². The molecule has 1 aromatic carbocycles. The van der Waals surface area contributed by atoms with E-state index in [1.807, 2.05) is 41.0 Å². The van der Waals surface area contributed by atoms with Gasteiger partial charge in [-0.3, -0.25) is 19.9 Å². The molecule has 2 fully saturated rings. The summed E-state index contributed by atoms with van der Waals surface area (Å²) in [4.78, 5) is 28.2. The molecule has 0 spiro atoms. The number of hydrogen-bond acceptors (Lipinski definition) is 4. The van der Waals surface area contributed by atoms with Gasteiger partial charge in [-0.05, 0) is 18.1 Å². The molecule has 6 nitrogen and oxygen atoms in total. The molecular formula is C16H21ClN4O2. The second-order valence-corrected chi connectivity index (χ2v) is 6.60. The number of hydrogen-bond donors (Lipinski definition) is 2. The summed E-state index contributed by atoms with van der Waals surface area (Å²) in [5.41, 5.74) is 7.69. The smallest absolute Gasteiger partial charge is 0.253 e. The van der Waals surface area contributed by atoms with Crippen LogP contribution in [-0.4, -0.2) is 59.2 Å². The summed E-state index contributed by atoms with van der Waals surface area (Å²) < 4.78 is 0. The van der Waals surface area contributed by atoms with Gasteiger partial charge in [-0.2, -0.15) is 0 Å². The number of aryl methyl sites for hydroxylation is 1. The van der Waals surface area contributed by atoms with Gasteiger partial charge in [-0.25, -0.2) is 5.43 Å². The highest BCUT2D eigenvalue weighted by molar-refractivity contribution is 6.23. The first-order chi connectivity index (χ1) is 11.1. The molecule has 7 heteroatoms. The number of amides is 2. The van der Waals surface area contributed by atoms with Crippen molar-refractivity contribution in [1.82, 2.24) is 20.7 Å². The van der Waals surface area contributed by atoms with E-state index in [2.05, 4.69) is 10.9 Å². The third-order valence-corrected chi connectivity index (χ3v) is 4.88. The largest absolute Gasteiger partial charge is 0.336 e. The van der Waals surface area contributed by atoms with Gasteiger partial charge in [0.1, 0.15) is 6.04 Å². The van der Waals surface area contributed by atoms with Gasteiger partial charge in [-0.15, -0.1) is 11.6 Å². The lowest BCUT2D eigenvalue weighted by Crippen LogP contribution is -2.65. The summed E-state index contributed by atoms with van der Waals surface area (Å²) in [7, 11) is 0. The summed E-state index contributed by atoms with van der Waals surface area (Å²) >= 11 is 6.26. The molecule has 2 aliphatic heterocycles. The van der Waals surface area contributed by atoms with Crippen LogP contribution in [-0.2, 0) is 16.1 Å². The molecule has 0 aliphatic carbocycles. The Bertz CT molecular complexity index is 609. The Hall–Kier alpha value is -1.63. The molecule has 2 amide bonds. The van der Waals surface area contributed by atoms with E-state index < -0.39 is 6.04 Å². The van der Waals surface area contributed by atoms with E-state index in [0.717, 1.165) is 5.56 Å². The van der Waals surface area contributed by atoms with E-state index in [9.17, 15) is 9.59 Å². The molecule has 2 heterocycles. The normalized spacial score (nSPS) is 26.3. The topological polar surface area (TPSA) is 64.7 Å². The first-order valence-electron chi connectivity index (χ1n) is 7.79. The van der Waals surface area contributed by atoms with Crippen molar-refractivity contribution >= 4 is 23.4 Å². The van der Waals surface area contributed by atoms with Crippen molar-refractivity contribution in [3.63, 3.8) is 0 Å². The van der Waals surface area contributed by atoms with Gasteiger partial charge in [0.2, 0.25) is 5.91 Å². The van der Waals surface area contributed by atoms with Crippen LogP contribution < -0.4 is 10.9 Å². The monoisotopic (exact) mass is 336 g/mol. The van der Waals surface area contributed by atoms with Crippen molar-refractivity contribution in [2.75, 3.05) is 26.2 Å². The molecule has 0 bridgehead atoms. The van der Waals surface area contributed by atoms with E-state index in [0.29, 0.717) is 26.2 Å². The maximum atomic E-state index is 12.5. The number of benzene rings is 1. The number of nitrogens with zero attached hydrogens (tertiary/aromatic N) is 2. The number of carbonyl (C=O) groups excluding carboxylic acids is 2. The number of piperazine rings is 1. The number of alkyl halides is 1. The third-order valence-electron chi connectivity index (χ3n) is 4.48. The molecule has 2 N–H and O–H groups in total. The van der Waals surface area contributed by atoms with Crippen molar-refractivity contribution in [1.29, 1.82) is 0 Å². The van der Waals surface area contributed by atoms with Crippen molar-refractivity contribution in [2.24, 2.45) is 0 Å². The van der Waals surface area contributed by atoms with Gasteiger partial charge in [0.05, 0.1) is 11.9 Å². The lowest BCUT2D eigenvalue weighted by atomic mass is 10.1. The highest BCUT2D eigenvalue weighted by Crippen LogP contribution is 2.18. The Labute approximate surface area is 140 Å². The summed E-state index contributed by atoms with van der Waals surface area (Å²) in [5, 5.41) is -0.334. The first-order valence-corrected chi connectivity index (χ1v) is 8.23. The maximum Gasteiger partial charge on any atom is 0.253 e. The molecule has 1 aromatic rings. The SMILES string of the molecule is Cc1ccccc1CN1CCN(C2C(=O)NNCC2Cl)CC1=O. The van der Waals surface area contributed by atoms with Gasteiger partial charge in [0, 0.05) is 26.2 Å². The van der Waals surface area contributed by atoms with Crippen LogP contribution in [0.4, 0.5) is 0 Å². The number of hydrazine groups is 1. The molecule has 2 unspecified atom stereocenters. The average Bonchev–Trinajstić information content (AvgIpc) is 2.52. The Balaban J connectivity index is 1.64. The number of carbonyl (C=O) groups is 2. The zero-order valence-corrected chi connectivity index (χ0v) is 13.8.